The van der Waals surface area contributed by atoms with Gasteiger partial charge in [-0.1, -0.05) is 20.8 Å². The van der Waals surface area contributed by atoms with Crippen LogP contribution in [0.3, 0.4) is 0 Å². The number of halogens is 3. The van der Waals surface area contributed by atoms with Crippen LogP contribution >= 0.6 is 0 Å². The number of carbonyl (C=O) groups is 2. The van der Waals surface area contributed by atoms with Gasteiger partial charge >= 0.3 is 6.18 Å². The number of nitrogens with one attached hydrogen (secondary N) is 1. The maximum atomic E-state index is 13.3. The van der Waals surface area contributed by atoms with Crippen molar-refractivity contribution in [2.75, 3.05) is 17.3 Å². The molecule has 144 valence electrons. The molecule has 8 heteroatoms. The molecule has 0 aliphatic carbocycles. The van der Waals surface area contributed by atoms with Crippen LogP contribution in [0.15, 0.2) is 42.7 Å². The van der Waals surface area contributed by atoms with E-state index in [9.17, 15) is 22.8 Å². The summed E-state index contributed by atoms with van der Waals surface area (Å²) in [5.74, 6) is -1.11. The Morgan fingerprint density at radius 2 is 1.78 bits per heavy atom. The molecule has 0 saturated heterocycles. The van der Waals surface area contributed by atoms with Gasteiger partial charge in [-0.15, -0.1) is 0 Å². The van der Waals surface area contributed by atoms with Crippen LogP contribution in [0.1, 0.15) is 36.7 Å². The molecule has 27 heavy (non-hydrogen) atoms. The van der Waals surface area contributed by atoms with Crippen molar-refractivity contribution < 1.29 is 22.8 Å². The molecule has 2 aromatic rings. The SMILES string of the molecule is CN(C(=O)c1cc(NC(=O)C(C)(C)C)cc(C(F)(F)F)c1)c1cccnc1. The van der Waals surface area contributed by atoms with Crippen molar-refractivity contribution in [1.82, 2.24) is 4.98 Å². The Morgan fingerprint density at radius 1 is 1.11 bits per heavy atom. The van der Waals surface area contributed by atoms with Crippen molar-refractivity contribution >= 4 is 23.2 Å². The number of amides is 2. The number of carbonyl (C=O) groups excluding carboxylic acids is 2. The third-order valence-electron chi connectivity index (χ3n) is 3.78. The number of alkyl halides is 3. The summed E-state index contributed by atoms with van der Waals surface area (Å²) >= 11 is 0. The van der Waals surface area contributed by atoms with Gasteiger partial charge in [0.1, 0.15) is 0 Å². The molecule has 0 aliphatic heterocycles. The molecule has 0 bridgehead atoms. The first kappa shape index (κ1) is 20.4. The molecule has 2 amide bonds. The molecule has 0 atom stereocenters. The van der Waals surface area contributed by atoms with E-state index in [-0.39, 0.29) is 11.3 Å². The number of benzene rings is 1. The Kier molecular flexibility index (Phi) is 5.58. The predicted molar refractivity (Wildman–Crippen MR) is 96.5 cm³/mol. The van der Waals surface area contributed by atoms with Gasteiger partial charge in [-0.05, 0) is 30.3 Å². The number of nitrogens with zero attached hydrogens (tertiary/aromatic N) is 2. The van der Waals surface area contributed by atoms with Gasteiger partial charge in [0.2, 0.25) is 5.91 Å². The highest BCUT2D eigenvalue weighted by Gasteiger charge is 2.33. The predicted octanol–water partition coefficient (Wildman–Crippen LogP) is 4.36. The third-order valence-corrected chi connectivity index (χ3v) is 3.78. The van der Waals surface area contributed by atoms with Gasteiger partial charge in [-0.25, -0.2) is 0 Å². The van der Waals surface area contributed by atoms with E-state index in [1.54, 1.807) is 32.9 Å². The van der Waals surface area contributed by atoms with E-state index >= 15 is 0 Å². The van der Waals surface area contributed by atoms with Gasteiger partial charge in [0.25, 0.3) is 5.91 Å². The third kappa shape index (κ3) is 5.06. The number of hydrogen-bond acceptors (Lipinski definition) is 3. The van der Waals surface area contributed by atoms with Crippen molar-refractivity contribution in [2.45, 2.75) is 26.9 Å². The van der Waals surface area contributed by atoms with Crippen molar-refractivity contribution in [3.05, 3.63) is 53.9 Å². The fraction of sp³-hybridized carbons (Fsp3) is 0.316. The number of aromatic nitrogens is 1. The minimum absolute atomic E-state index is 0.0901. The molecule has 0 saturated carbocycles. The van der Waals surface area contributed by atoms with Crippen LogP contribution in [0.4, 0.5) is 24.5 Å². The largest absolute Gasteiger partial charge is 0.416 e. The summed E-state index contributed by atoms with van der Waals surface area (Å²) in [6.45, 7) is 4.91. The zero-order valence-electron chi connectivity index (χ0n) is 15.4. The van der Waals surface area contributed by atoms with Crippen LogP contribution in [0, 0.1) is 5.41 Å². The van der Waals surface area contributed by atoms with Gasteiger partial charge in [-0.3, -0.25) is 14.6 Å². The molecule has 1 N–H and O–H groups in total. The van der Waals surface area contributed by atoms with Crippen LogP contribution in [-0.2, 0) is 11.0 Å². The molecule has 2 rings (SSSR count). The molecule has 0 unspecified atom stereocenters. The van der Waals surface area contributed by atoms with Gasteiger partial charge < -0.3 is 10.2 Å². The zero-order valence-corrected chi connectivity index (χ0v) is 15.4. The van der Waals surface area contributed by atoms with Crippen LogP contribution < -0.4 is 10.2 Å². The van der Waals surface area contributed by atoms with Crippen LogP contribution in [0.2, 0.25) is 0 Å². The first-order valence-electron chi connectivity index (χ1n) is 8.11. The standard InChI is InChI=1S/C19H20F3N3O2/c1-18(2,3)17(27)24-14-9-12(8-13(10-14)19(20,21)22)16(26)25(4)15-6-5-7-23-11-15/h5-11H,1-4H3,(H,24,27). The lowest BCUT2D eigenvalue weighted by Gasteiger charge is -2.21. The van der Waals surface area contributed by atoms with Gasteiger partial charge in [0.15, 0.2) is 0 Å². The minimum atomic E-state index is -4.66. The molecule has 1 aromatic carbocycles. The summed E-state index contributed by atoms with van der Waals surface area (Å²) in [5, 5.41) is 2.45. The number of anilines is 2. The van der Waals surface area contributed by atoms with Crippen molar-refractivity contribution in [3.8, 4) is 0 Å². The van der Waals surface area contributed by atoms with Crippen LogP contribution in [0.25, 0.3) is 0 Å². The Morgan fingerprint density at radius 3 is 2.30 bits per heavy atom. The van der Waals surface area contributed by atoms with E-state index in [1.165, 1.54) is 30.4 Å². The van der Waals surface area contributed by atoms with Gasteiger partial charge in [-0.2, -0.15) is 13.2 Å². The number of pyridine rings is 1. The normalized spacial score (nSPS) is 11.8. The second kappa shape index (κ2) is 7.38. The zero-order chi connectivity index (χ0) is 20.4. The van der Waals surface area contributed by atoms with E-state index < -0.39 is 29.0 Å². The summed E-state index contributed by atoms with van der Waals surface area (Å²) in [6.07, 6.45) is -1.72. The smallest absolute Gasteiger partial charge is 0.326 e. The monoisotopic (exact) mass is 379 g/mol. The molecular weight excluding hydrogens is 359 g/mol. The Balaban J connectivity index is 2.44. The Hall–Kier alpha value is -2.90. The molecular formula is C19H20F3N3O2. The molecule has 0 radical (unpaired) electrons. The van der Waals surface area contributed by atoms with Crippen molar-refractivity contribution in [3.63, 3.8) is 0 Å². The topological polar surface area (TPSA) is 62.3 Å². The second-order valence-corrected chi connectivity index (χ2v) is 7.08. The van der Waals surface area contributed by atoms with E-state index in [0.29, 0.717) is 5.69 Å². The fourth-order valence-corrected chi connectivity index (χ4v) is 2.17. The Labute approximate surface area is 155 Å². The van der Waals surface area contributed by atoms with Crippen molar-refractivity contribution in [1.29, 1.82) is 0 Å². The summed E-state index contributed by atoms with van der Waals surface area (Å²) < 4.78 is 39.8. The Bertz CT molecular complexity index is 844. The summed E-state index contributed by atoms with van der Waals surface area (Å²) in [4.78, 5) is 29.9. The highest BCUT2D eigenvalue weighted by atomic mass is 19.4. The summed E-state index contributed by atoms with van der Waals surface area (Å²) in [5.41, 5.74) is -1.67. The molecule has 0 aliphatic rings. The number of rotatable bonds is 3. The van der Waals surface area contributed by atoms with Crippen molar-refractivity contribution in [2.24, 2.45) is 5.41 Å². The summed E-state index contributed by atoms with van der Waals surface area (Å²) in [6, 6.07) is 6.03. The average Bonchev–Trinajstić information content (AvgIpc) is 2.59. The highest BCUT2D eigenvalue weighted by molar-refractivity contribution is 6.07. The maximum Gasteiger partial charge on any atom is 0.416 e. The fourth-order valence-electron chi connectivity index (χ4n) is 2.17. The average molecular weight is 379 g/mol. The van der Waals surface area contributed by atoms with Crippen LogP contribution in [0.5, 0.6) is 0 Å². The lowest BCUT2D eigenvalue weighted by atomic mass is 9.95. The second-order valence-electron chi connectivity index (χ2n) is 7.08. The van der Waals surface area contributed by atoms with Gasteiger partial charge in [0.05, 0.1) is 17.4 Å². The quantitative estimate of drug-likeness (QED) is 0.862. The lowest BCUT2D eigenvalue weighted by Crippen LogP contribution is -2.29. The summed E-state index contributed by atoms with van der Waals surface area (Å²) in [7, 11) is 1.44. The first-order chi connectivity index (χ1) is 12.4. The highest BCUT2D eigenvalue weighted by Crippen LogP contribution is 2.33. The first-order valence-corrected chi connectivity index (χ1v) is 8.11. The van der Waals surface area contributed by atoms with E-state index in [1.807, 2.05) is 0 Å². The van der Waals surface area contributed by atoms with Crippen LogP contribution in [-0.4, -0.2) is 23.8 Å². The van der Waals surface area contributed by atoms with Gasteiger partial charge in [0, 0.05) is 29.9 Å². The van der Waals surface area contributed by atoms with E-state index in [4.69, 9.17) is 0 Å². The molecule has 1 aromatic heterocycles. The molecule has 0 spiro atoms. The maximum absolute atomic E-state index is 13.3. The number of hydrogen-bond donors (Lipinski definition) is 1. The molecule has 5 nitrogen and oxygen atoms in total. The van der Waals surface area contributed by atoms with E-state index in [2.05, 4.69) is 10.3 Å². The lowest BCUT2D eigenvalue weighted by molar-refractivity contribution is -0.137. The molecule has 1 heterocycles. The van der Waals surface area contributed by atoms with E-state index in [0.717, 1.165) is 12.1 Å². The minimum Gasteiger partial charge on any atom is -0.326 e. The molecule has 0 fully saturated rings.